The fourth-order valence-corrected chi connectivity index (χ4v) is 9.39. The van der Waals surface area contributed by atoms with Crippen molar-refractivity contribution >= 4 is 79.8 Å². The number of carbonyl (C=O) groups excluding carboxylic acids is 4. The molecule has 1 unspecified atom stereocenters. The monoisotopic (exact) mass is 785 g/mol. The van der Waals surface area contributed by atoms with Crippen molar-refractivity contribution in [1.82, 2.24) is 5.32 Å². The van der Waals surface area contributed by atoms with Crippen LogP contribution in [0.15, 0.2) is 83.6 Å². The number of hydrogen-bond donors (Lipinski definition) is 3. The maximum Gasteiger partial charge on any atom is 0.349 e. The van der Waals surface area contributed by atoms with Gasteiger partial charge in [0.1, 0.15) is 21.1 Å². The van der Waals surface area contributed by atoms with Gasteiger partial charge in [-0.05, 0) is 84.0 Å². The van der Waals surface area contributed by atoms with E-state index in [2.05, 4.69) is 28.1 Å². The zero-order valence-corrected chi connectivity index (χ0v) is 31.9. The van der Waals surface area contributed by atoms with Gasteiger partial charge in [-0.1, -0.05) is 91.0 Å². The Balaban J connectivity index is 1.15. The molecular formula is C41H37Cl2N3O5S2. The highest BCUT2D eigenvalue weighted by molar-refractivity contribution is 7.15. The second kappa shape index (κ2) is 16.7. The highest BCUT2D eigenvalue weighted by Crippen LogP contribution is 2.41. The van der Waals surface area contributed by atoms with Crippen molar-refractivity contribution in [3.05, 3.63) is 116 Å². The highest BCUT2D eigenvalue weighted by Gasteiger charge is 2.31. The molecule has 53 heavy (non-hydrogen) atoms. The molecule has 1 fully saturated rings. The Labute approximate surface area is 325 Å². The van der Waals surface area contributed by atoms with Gasteiger partial charge in [0.25, 0.3) is 0 Å². The van der Waals surface area contributed by atoms with E-state index in [0.29, 0.717) is 44.8 Å². The topological polar surface area (TPSA) is 114 Å². The molecule has 0 spiro atoms. The van der Waals surface area contributed by atoms with Crippen LogP contribution in [0.4, 0.5) is 14.8 Å². The van der Waals surface area contributed by atoms with Gasteiger partial charge in [-0.15, -0.1) is 22.7 Å². The normalized spacial score (nSPS) is 15.4. The van der Waals surface area contributed by atoms with Gasteiger partial charge in [-0.2, -0.15) is 0 Å². The first-order chi connectivity index (χ1) is 25.7. The summed E-state index contributed by atoms with van der Waals surface area (Å²) in [5, 5.41) is 13.7. The lowest BCUT2D eigenvalue weighted by atomic mass is 9.89. The maximum absolute atomic E-state index is 14.2. The average molecular weight is 787 g/mol. The number of ether oxygens (including phenoxy) is 1. The van der Waals surface area contributed by atoms with E-state index in [0.717, 1.165) is 49.9 Å². The number of fused-ring (bicyclic) bond motifs is 1. The van der Waals surface area contributed by atoms with Crippen LogP contribution in [0.25, 0.3) is 22.3 Å². The summed E-state index contributed by atoms with van der Waals surface area (Å²) in [6.07, 6.45) is 7.67. The Bertz CT molecular complexity index is 2140. The number of nitrogens with one attached hydrogen (secondary N) is 3. The van der Waals surface area contributed by atoms with Crippen LogP contribution in [0, 0.1) is 5.92 Å². The number of rotatable bonds is 10. The molecule has 2 heterocycles. The molecule has 3 aromatic carbocycles. The molecule has 3 amide bonds. The third kappa shape index (κ3) is 8.68. The van der Waals surface area contributed by atoms with Crippen molar-refractivity contribution in [2.45, 2.75) is 57.3 Å². The van der Waals surface area contributed by atoms with Gasteiger partial charge in [0, 0.05) is 44.9 Å². The minimum Gasteiger partial charge on any atom is -0.386 e. The Morgan fingerprint density at radius 2 is 1.26 bits per heavy atom. The van der Waals surface area contributed by atoms with Crippen LogP contribution in [0.2, 0.25) is 10.0 Å². The van der Waals surface area contributed by atoms with Crippen LogP contribution in [-0.2, 0) is 16.0 Å². The van der Waals surface area contributed by atoms with E-state index in [1.54, 1.807) is 59.3 Å². The number of amides is 3. The summed E-state index contributed by atoms with van der Waals surface area (Å²) in [6, 6.07) is 21.5. The predicted molar refractivity (Wildman–Crippen MR) is 214 cm³/mol. The summed E-state index contributed by atoms with van der Waals surface area (Å²) in [5.41, 5.74) is 4.76. The molecule has 3 N–H and O–H groups in total. The number of carbonyl (C=O) groups is 4. The maximum atomic E-state index is 14.2. The molecule has 2 aromatic heterocycles. The van der Waals surface area contributed by atoms with Crippen LogP contribution >= 0.6 is 45.9 Å². The van der Waals surface area contributed by atoms with Gasteiger partial charge in [-0.3, -0.25) is 10.1 Å². The molecule has 8 nitrogen and oxygen atoms in total. The Hall–Kier alpha value is -4.48. The molecule has 0 bridgehead atoms. The van der Waals surface area contributed by atoms with Crippen LogP contribution in [0.5, 0.6) is 0 Å². The first kappa shape index (κ1) is 36.9. The molecule has 7 rings (SSSR count). The Kier molecular flexibility index (Phi) is 11.6. The van der Waals surface area contributed by atoms with Crippen LogP contribution in [-0.4, -0.2) is 30.4 Å². The summed E-state index contributed by atoms with van der Waals surface area (Å²) in [5.74, 6) is -1.66. The molecule has 1 atom stereocenters. The van der Waals surface area contributed by atoms with E-state index >= 15 is 0 Å². The number of aryl methyl sites for hydroxylation is 1. The van der Waals surface area contributed by atoms with E-state index < -0.39 is 18.0 Å². The Morgan fingerprint density at radius 3 is 1.87 bits per heavy atom. The van der Waals surface area contributed by atoms with E-state index in [-0.39, 0.29) is 39.4 Å². The lowest BCUT2D eigenvalue weighted by Crippen LogP contribution is -2.34. The first-order valence-electron chi connectivity index (χ1n) is 17.7. The van der Waals surface area contributed by atoms with Crippen molar-refractivity contribution in [2.24, 2.45) is 5.92 Å². The zero-order valence-electron chi connectivity index (χ0n) is 28.7. The van der Waals surface area contributed by atoms with Gasteiger partial charge < -0.3 is 15.4 Å². The van der Waals surface area contributed by atoms with Gasteiger partial charge >= 0.3 is 18.0 Å². The molecule has 12 heteroatoms. The fourth-order valence-electron chi connectivity index (χ4n) is 7.21. The van der Waals surface area contributed by atoms with Crippen molar-refractivity contribution < 1.29 is 23.9 Å². The molecule has 0 saturated heterocycles. The van der Waals surface area contributed by atoms with Crippen LogP contribution in [0.3, 0.4) is 0 Å². The number of urea groups is 1. The van der Waals surface area contributed by atoms with Gasteiger partial charge in [0.15, 0.2) is 0 Å². The number of hydrogen-bond acceptors (Lipinski definition) is 7. The third-order valence-electron chi connectivity index (χ3n) is 9.93. The third-order valence-corrected chi connectivity index (χ3v) is 12.2. The van der Waals surface area contributed by atoms with Crippen LogP contribution < -0.4 is 16.0 Å². The van der Waals surface area contributed by atoms with Gasteiger partial charge in [0.05, 0.1) is 0 Å². The number of halogens is 2. The molecule has 0 radical (unpaired) electrons. The van der Waals surface area contributed by atoms with Gasteiger partial charge in [0.2, 0.25) is 5.91 Å². The molecule has 1 saturated carbocycles. The molecule has 2 aliphatic carbocycles. The summed E-state index contributed by atoms with van der Waals surface area (Å²) in [4.78, 5) is 54.9. The fraction of sp³-hybridized carbons (Fsp3) is 0.268. The zero-order chi connectivity index (χ0) is 36.9. The molecule has 0 aliphatic heterocycles. The van der Waals surface area contributed by atoms with Crippen molar-refractivity contribution in [3.8, 4) is 22.3 Å². The number of anilines is 2. The largest absolute Gasteiger partial charge is 0.386 e. The second-order valence-corrected chi connectivity index (χ2v) is 16.1. The Morgan fingerprint density at radius 1 is 0.698 bits per heavy atom. The minimum absolute atomic E-state index is 0.0345. The summed E-state index contributed by atoms with van der Waals surface area (Å²) < 4.78 is 5.65. The minimum atomic E-state index is -0.947. The molecule has 272 valence electrons. The van der Waals surface area contributed by atoms with E-state index in [1.807, 2.05) is 12.1 Å². The highest BCUT2D eigenvalue weighted by atomic mass is 35.5. The number of thiophene rings is 2. The summed E-state index contributed by atoms with van der Waals surface area (Å²) in [7, 11) is 0. The first-order valence-corrected chi connectivity index (χ1v) is 20.2. The second-order valence-electron chi connectivity index (χ2n) is 13.4. The quantitative estimate of drug-likeness (QED) is 0.0963. The van der Waals surface area contributed by atoms with Gasteiger partial charge in [-0.25, -0.2) is 14.4 Å². The SMILES string of the molecule is O=C(CC1CCc2ccccc21)Nc1scc(-c2ccc(Cl)cc2)c1C(=O)OC(=O)c1c(-c2ccc(Cl)cc2)csc1NC(=O)NCC1CCCCC1. The van der Waals surface area contributed by atoms with E-state index in [4.69, 9.17) is 27.9 Å². The molecule has 2 aliphatic rings. The lowest BCUT2D eigenvalue weighted by molar-refractivity contribution is -0.116. The van der Waals surface area contributed by atoms with Crippen molar-refractivity contribution in [2.75, 3.05) is 17.2 Å². The van der Waals surface area contributed by atoms with Crippen molar-refractivity contribution in [3.63, 3.8) is 0 Å². The standard InChI is InChI=1S/C41H37Cl2N3O5S2/c42-29-16-12-26(13-17-29)32-22-52-37(45-34(47)20-28-11-10-25-8-4-5-9-31(25)28)35(32)39(48)51-40(49)36-33(27-14-18-30(43)19-15-27)23-53-38(36)46-41(50)44-21-24-6-2-1-3-7-24/h4-5,8-9,12-19,22-24,28H,1-3,6-7,10-11,20-21H2,(H,45,47)(H2,44,46,50). The predicted octanol–water partition coefficient (Wildman–Crippen LogP) is 11.2. The summed E-state index contributed by atoms with van der Waals surface area (Å²) in [6.45, 7) is 0.535. The molecular weight excluding hydrogens is 750 g/mol. The number of esters is 2. The van der Waals surface area contributed by atoms with E-state index in [1.165, 1.54) is 28.9 Å². The molecule has 5 aromatic rings. The smallest absolute Gasteiger partial charge is 0.349 e. The number of benzene rings is 3. The van der Waals surface area contributed by atoms with Crippen molar-refractivity contribution in [1.29, 1.82) is 0 Å². The lowest BCUT2D eigenvalue weighted by Gasteiger charge is -2.21. The summed E-state index contributed by atoms with van der Waals surface area (Å²) >= 11 is 14.7. The van der Waals surface area contributed by atoms with Crippen LogP contribution in [0.1, 0.15) is 82.7 Å². The van der Waals surface area contributed by atoms with E-state index in [9.17, 15) is 19.2 Å². The average Bonchev–Trinajstić information content (AvgIpc) is 3.89.